The molecule has 1 atom stereocenters. The van der Waals surface area contributed by atoms with Crippen molar-refractivity contribution >= 4 is 11.9 Å². The average Bonchev–Trinajstić information content (AvgIpc) is 2.61. The Morgan fingerprint density at radius 1 is 1.24 bits per heavy atom. The molecule has 25 heavy (non-hydrogen) atoms. The number of amides is 1. The maximum atomic E-state index is 12.7. The van der Waals surface area contributed by atoms with Crippen LogP contribution in [0.3, 0.4) is 0 Å². The smallest absolute Gasteiger partial charge is 0.410 e. The van der Waals surface area contributed by atoms with Gasteiger partial charge in [0.2, 0.25) is 0 Å². The Morgan fingerprint density at radius 2 is 2.00 bits per heavy atom. The Balaban J connectivity index is 1.86. The predicted molar refractivity (Wildman–Crippen MR) is 98.9 cm³/mol. The second-order valence-electron chi connectivity index (χ2n) is 7.84. The highest BCUT2D eigenvalue weighted by atomic mass is 16.6. The zero-order valence-electron chi connectivity index (χ0n) is 15.6. The van der Waals surface area contributed by atoms with Crippen LogP contribution in [-0.2, 0) is 4.74 Å². The standard InChI is InChI=1S/C19H30N4O2/c1-19(2,3)25-18(24)23-12-5-4-8-16(23)15-7-6-9-21-17(15)22-13-10-20-11-14-22/h6-7,9,16,20H,4-5,8,10-14H2,1-3H3/t16-/m0/s1. The first kappa shape index (κ1) is 18.0. The van der Waals surface area contributed by atoms with E-state index in [0.717, 1.165) is 63.4 Å². The van der Waals surface area contributed by atoms with Gasteiger partial charge in [-0.3, -0.25) is 0 Å². The summed E-state index contributed by atoms with van der Waals surface area (Å²) in [6.45, 7) is 10.3. The zero-order valence-corrected chi connectivity index (χ0v) is 15.6. The molecule has 1 amide bonds. The van der Waals surface area contributed by atoms with Gasteiger partial charge in [0, 0.05) is 44.5 Å². The van der Waals surface area contributed by atoms with Gasteiger partial charge < -0.3 is 19.9 Å². The van der Waals surface area contributed by atoms with Crippen molar-refractivity contribution in [1.82, 2.24) is 15.2 Å². The van der Waals surface area contributed by atoms with E-state index in [9.17, 15) is 4.79 Å². The van der Waals surface area contributed by atoms with E-state index in [-0.39, 0.29) is 12.1 Å². The van der Waals surface area contributed by atoms with Crippen LogP contribution in [0.25, 0.3) is 0 Å². The Kier molecular flexibility index (Phi) is 5.47. The second-order valence-corrected chi connectivity index (χ2v) is 7.84. The van der Waals surface area contributed by atoms with Gasteiger partial charge in [0.15, 0.2) is 0 Å². The van der Waals surface area contributed by atoms with Gasteiger partial charge in [0.25, 0.3) is 0 Å². The summed E-state index contributed by atoms with van der Waals surface area (Å²) in [5, 5.41) is 3.38. The maximum Gasteiger partial charge on any atom is 0.410 e. The van der Waals surface area contributed by atoms with Crippen LogP contribution in [0.4, 0.5) is 10.6 Å². The Morgan fingerprint density at radius 3 is 2.72 bits per heavy atom. The normalized spacial score (nSPS) is 22.0. The van der Waals surface area contributed by atoms with Crippen LogP contribution < -0.4 is 10.2 Å². The first-order valence-corrected chi connectivity index (χ1v) is 9.36. The lowest BCUT2D eigenvalue weighted by atomic mass is 9.95. The predicted octanol–water partition coefficient (Wildman–Crippen LogP) is 2.95. The topological polar surface area (TPSA) is 57.7 Å². The molecule has 6 nitrogen and oxygen atoms in total. The number of aromatic nitrogens is 1. The number of nitrogens with one attached hydrogen (secondary N) is 1. The Labute approximate surface area is 150 Å². The molecular formula is C19H30N4O2. The number of piperazine rings is 1. The molecule has 6 heteroatoms. The molecule has 0 bridgehead atoms. The lowest BCUT2D eigenvalue weighted by molar-refractivity contribution is 0.00954. The molecule has 0 saturated carbocycles. The Bertz CT molecular complexity index is 593. The molecule has 1 aromatic rings. The molecular weight excluding hydrogens is 316 g/mol. The van der Waals surface area contributed by atoms with E-state index in [1.165, 1.54) is 0 Å². The van der Waals surface area contributed by atoms with Gasteiger partial charge in [-0.15, -0.1) is 0 Å². The van der Waals surface area contributed by atoms with E-state index in [1.54, 1.807) is 0 Å². The number of hydrogen-bond acceptors (Lipinski definition) is 5. The number of piperidine rings is 1. The summed E-state index contributed by atoms with van der Waals surface area (Å²) in [7, 11) is 0. The molecule has 0 spiro atoms. The molecule has 2 fully saturated rings. The van der Waals surface area contributed by atoms with Gasteiger partial charge in [0.1, 0.15) is 11.4 Å². The SMILES string of the molecule is CC(C)(C)OC(=O)N1CCCC[C@H]1c1cccnc1N1CCNCC1. The third kappa shape index (κ3) is 4.42. The Hall–Kier alpha value is -1.82. The molecule has 2 saturated heterocycles. The zero-order chi connectivity index (χ0) is 17.9. The highest BCUT2D eigenvalue weighted by Crippen LogP contribution is 2.36. The fourth-order valence-corrected chi connectivity index (χ4v) is 3.60. The molecule has 2 aliphatic heterocycles. The van der Waals surface area contributed by atoms with Crippen LogP contribution in [0, 0.1) is 0 Å². The summed E-state index contributed by atoms with van der Waals surface area (Å²) >= 11 is 0. The van der Waals surface area contributed by atoms with Crippen molar-refractivity contribution in [2.45, 2.75) is 51.7 Å². The second kappa shape index (κ2) is 7.60. The molecule has 1 N–H and O–H groups in total. The summed E-state index contributed by atoms with van der Waals surface area (Å²) in [4.78, 5) is 21.6. The highest BCUT2D eigenvalue weighted by Gasteiger charge is 2.33. The molecule has 0 aromatic carbocycles. The number of rotatable bonds is 2. The fraction of sp³-hybridized carbons (Fsp3) is 0.684. The first-order chi connectivity index (χ1) is 12.0. The van der Waals surface area contributed by atoms with Crippen LogP contribution in [0.1, 0.15) is 51.6 Å². The number of ether oxygens (including phenoxy) is 1. The lowest BCUT2D eigenvalue weighted by Crippen LogP contribution is -2.46. The van der Waals surface area contributed by atoms with E-state index in [4.69, 9.17) is 4.74 Å². The van der Waals surface area contributed by atoms with E-state index < -0.39 is 5.60 Å². The van der Waals surface area contributed by atoms with Crippen LogP contribution in [0.5, 0.6) is 0 Å². The van der Waals surface area contributed by atoms with Crippen molar-refractivity contribution in [1.29, 1.82) is 0 Å². The van der Waals surface area contributed by atoms with Crippen LogP contribution >= 0.6 is 0 Å². The molecule has 0 unspecified atom stereocenters. The summed E-state index contributed by atoms with van der Waals surface area (Å²) in [6.07, 6.45) is 4.75. The fourth-order valence-electron chi connectivity index (χ4n) is 3.60. The van der Waals surface area contributed by atoms with Gasteiger partial charge in [-0.1, -0.05) is 6.07 Å². The molecule has 1 aromatic heterocycles. The molecule has 3 rings (SSSR count). The van der Waals surface area contributed by atoms with E-state index in [0.29, 0.717) is 0 Å². The van der Waals surface area contributed by atoms with Gasteiger partial charge >= 0.3 is 6.09 Å². The summed E-state index contributed by atoms with van der Waals surface area (Å²) < 4.78 is 5.66. The van der Waals surface area contributed by atoms with Gasteiger partial charge in [0.05, 0.1) is 6.04 Å². The number of likely N-dealkylation sites (tertiary alicyclic amines) is 1. The number of hydrogen-bond donors (Lipinski definition) is 1. The van der Waals surface area contributed by atoms with Gasteiger partial charge in [-0.25, -0.2) is 9.78 Å². The first-order valence-electron chi connectivity index (χ1n) is 9.36. The lowest BCUT2D eigenvalue weighted by Gasteiger charge is -2.39. The number of anilines is 1. The molecule has 2 aliphatic rings. The molecule has 0 radical (unpaired) electrons. The minimum absolute atomic E-state index is 0.0437. The quantitative estimate of drug-likeness (QED) is 0.892. The van der Waals surface area contributed by atoms with Gasteiger partial charge in [-0.05, 0) is 46.1 Å². The van der Waals surface area contributed by atoms with E-state index in [2.05, 4.69) is 21.3 Å². The minimum atomic E-state index is -0.477. The average molecular weight is 346 g/mol. The largest absolute Gasteiger partial charge is 0.444 e. The van der Waals surface area contributed by atoms with Gasteiger partial charge in [-0.2, -0.15) is 0 Å². The van der Waals surface area contributed by atoms with Crippen molar-refractivity contribution in [3.8, 4) is 0 Å². The number of carbonyl (C=O) groups is 1. The maximum absolute atomic E-state index is 12.7. The number of pyridine rings is 1. The van der Waals surface area contributed by atoms with E-state index in [1.807, 2.05) is 37.9 Å². The molecule has 3 heterocycles. The number of carbonyl (C=O) groups excluding carboxylic acids is 1. The van der Waals surface area contributed by atoms with Crippen LogP contribution in [-0.4, -0.2) is 54.3 Å². The van der Waals surface area contributed by atoms with E-state index >= 15 is 0 Å². The van der Waals surface area contributed by atoms with Crippen molar-refractivity contribution in [3.05, 3.63) is 23.9 Å². The third-order valence-corrected chi connectivity index (χ3v) is 4.72. The van der Waals surface area contributed by atoms with Crippen molar-refractivity contribution in [2.75, 3.05) is 37.6 Å². The van der Waals surface area contributed by atoms with Crippen molar-refractivity contribution in [3.63, 3.8) is 0 Å². The monoisotopic (exact) mass is 346 g/mol. The van der Waals surface area contributed by atoms with Crippen LogP contribution in [0.15, 0.2) is 18.3 Å². The minimum Gasteiger partial charge on any atom is -0.444 e. The van der Waals surface area contributed by atoms with Crippen LogP contribution in [0.2, 0.25) is 0 Å². The van der Waals surface area contributed by atoms with Crippen molar-refractivity contribution < 1.29 is 9.53 Å². The third-order valence-electron chi connectivity index (χ3n) is 4.72. The highest BCUT2D eigenvalue weighted by molar-refractivity contribution is 5.69. The summed E-state index contributed by atoms with van der Waals surface area (Å²) in [6, 6.07) is 4.14. The number of nitrogens with zero attached hydrogens (tertiary/aromatic N) is 3. The molecule has 0 aliphatic carbocycles. The van der Waals surface area contributed by atoms with Crippen molar-refractivity contribution in [2.24, 2.45) is 0 Å². The summed E-state index contributed by atoms with van der Waals surface area (Å²) in [5.74, 6) is 1.02. The summed E-state index contributed by atoms with van der Waals surface area (Å²) in [5.41, 5.74) is 0.671. The molecule has 138 valence electrons.